The van der Waals surface area contributed by atoms with E-state index in [0.717, 1.165) is 21.3 Å². The van der Waals surface area contributed by atoms with Gasteiger partial charge in [-0.25, -0.2) is 8.42 Å². The number of amides is 2. The second-order valence-corrected chi connectivity index (χ2v) is 11.2. The van der Waals surface area contributed by atoms with Gasteiger partial charge in [-0.15, -0.1) is 11.3 Å². The van der Waals surface area contributed by atoms with Crippen LogP contribution >= 0.6 is 11.3 Å². The number of sulfonamides is 1. The van der Waals surface area contributed by atoms with E-state index in [4.69, 9.17) is 10.5 Å². The zero-order valence-electron chi connectivity index (χ0n) is 19.7. The van der Waals surface area contributed by atoms with Crippen LogP contribution in [0.4, 0.5) is 5.00 Å². The minimum atomic E-state index is -4.06. The molecule has 12 heteroatoms. The summed E-state index contributed by atoms with van der Waals surface area (Å²) in [6, 6.07) is 9.04. The third kappa shape index (κ3) is 5.52. The Labute approximate surface area is 208 Å². The number of thiophene rings is 1. The predicted octanol–water partition coefficient (Wildman–Crippen LogP) is 2.16. The highest BCUT2D eigenvalue weighted by Crippen LogP contribution is 2.37. The Morgan fingerprint density at radius 2 is 1.77 bits per heavy atom. The van der Waals surface area contributed by atoms with Crippen LogP contribution in [0.25, 0.3) is 0 Å². The average molecular weight is 515 g/mol. The predicted molar refractivity (Wildman–Crippen MR) is 131 cm³/mol. The van der Waals surface area contributed by atoms with Gasteiger partial charge in [0.05, 0.1) is 22.6 Å². The molecule has 1 aromatic heterocycles. The molecule has 3 rings (SSSR count). The molecule has 0 saturated heterocycles. The lowest BCUT2D eigenvalue weighted by Crippen LogP contribution is -2.35. The summed E-state index contributed by atoms with van der Waals surface area (Å²) in [7, 11) is -2.52. The third-order valence-electron chi connectivity index (χ3n) is 5.75. The van der Waals surface area contributed by atoms with Crippen LogP contribution in [0.3, 0.4) is 0 Å². The summed E-state index contributed by atoms with van der Waals surface area (Å²) in [5.41, 5.74) is 1.61. The highest BCUT2D eigenvalue weighted by molar-refractivity contribution is 7.89. The molecule has 2 amide bonds. The molecule has 1 aliphatic heterocycles. The van der Waals surface area contributed by atoms with Crippen molar-refractivity contribution in [3.63, 3.8) is 0 Å². The van der Waals surface area contributed by atoms with E-state index in [0.29, 0.717) is 29.6 Å². The molecule has 0 atom stereocenters. The van der Waals surface area contributed by atoms with Gasteiger partial charge in [0.2, 0.25) is 10.0 Å². The van der Waals surface area contributed by atoms with E-state index in [9.17, 15) is 18.0 Å². The Hall–Kier alpha value is -3.29. The molecule has 184 valence electrons. The number of benzene rings is 1. The Morgan fingerprint density at radius 1 is 1.14 bits per heavy atom. The van der Waals surface area contributed by atoms with E-state index >= 15 is 0 Å². The average Bonchev–Trinajstić information content (AvgIpc) is 3.20. The second kappa shape index (κ2) is 11.0. The van der Waals surface area contributed by atoms with E-state index in [-0.39, 0.29) is 16.4 Å². The summed E-state index contributed by atoms with van der Waals surface area (Å²) < 4.78 is 26.2. The number of carbonyl (C=O) groups is 2. The third-order valence-corrected chi connectivity index (χ3v) is 8.68. The zero-order valence-corrected chi connectivity index (χ0v) is 21.3. The molecule has 0 unspecified atom stereocenters. The molecule has 1 aliphatic rings. The van der Waals surface area contributed by atoms with Crippen molar-refractivity contribution >= 4 is 38.2 Å². The lowest BCUT2D eigenvalue weighted by molar-refractivity contribution is 0.0962. The smallest absolute Gasteiger partial charge is 0.256 e. The Morgan fingerprint density at radius 3 is 2.31 bits per heavy atom. The molecule has 0 saturated carbocycles. The molecule has 2 N–H and O–H groups in total. The van der Waals surface area contributed by atoms with E-state index in [2.05, 4.69) is 29.4 Å². The maximum atomic E-state index is 13.0. The first-order chi connectivity index (χ1) is 16.6. The lowest BCUT2D eigenvalue weighted by atomic mass is 10.0. The van der Waals surface area contributed by atoms with Crippen LogP contribution in [-0.2, 0) is 23.0 Å². The molecular weight excluding hydrogens is 488 g/mol. The lowest BCUT2D eigenvalue weighted by Gasteiger charge is -2.30. The number of nitriles is 2. The van der Waals surface area contributed by atoms with Crippen LogP contribution in [0.15, 0.2) is 29.2 Å². The first kappa shape index (κ1) is 26.3. The number of carbonyl (C=O) groups excluding carboxylic acids is 2. The van der Waals surface area contributed by atoms with Crippen molar-refractivity contribution in [3.8, 4) is 12.1 Å². The van der Waals surface area contributed by atoms with E-state index in [1.54, 1.807) is 19.2 Å². The minimum Gasteiger partial charge on any atom is -0.355 e. The van der Waals surface area contributed by atoms with Gasteiger partial charge in [-0.1, -0.05) is 0 Å². The van der Waals surface area contributed by atoms with Crippen LogP contribution in [0.5, 0.6) is 0 Å². The second-order valence-electron chi connectivity index (χ2n) is 8.17. The van der Waals surface area contributed by atoms with E-state index < -0.39 is 29.0 Å². The summed E-state index contributed by atoms with van der Waals surface area (Å²) in [5.74, 6) is -0.753. The van der Waals surface area contributed by atoms with Crippen LogP contribution in [-0.4, -0.2) is 62.2 Å². The maximum Gasteiger partial charge on any atom is 0.256 e. The molecule has 2 heterocycles. The van der Waals surface area contributed by atoms with Crippen LogP contribution in [0.2, 0.25) is 0 Å². The highest BCUT2D eigenvalue weighted by Gasteiger charge is 2.29. The maximum absolute atomic E-state index is 13.0. The fourth-order valence-corrected chi connectivity index (χ4v) is 6.30. The number of hydrogen-bond acceptors (Lipinski definition) is 8. The number of hydrogen-bond donors (Lipinski definition) is 2. The highest BCUT2D eigenvalue weighted by atomic mass is 32.2. The number of nitrogens with one attached hydrogen (secondary N) is 2. The van der Waals surface area contributed by atoms with E-state index in [1.165, 1.54) is 35.6 Å². The monoisotopic (exact) mass is 514 g/mol. The van der Waals surface area contributed by atoms with Gasteiger partial charge in [0.15, 0.2) is 0 Å². The standard InChI is InChI=1S/C23H26N6O4S2/c1-15(2)28-11-8-18-19(14-28)34-23(20(18)22(31)26-3)27-21(30)16-4-6-17(7-5-16)35(32,33)29(12-9-24)13-10-25/h4-7,15H,8,11-14H2,1-3H3,(H,26,31)(H,27,30). The first-order valence-corrected chi connectivity index (χ1v) is 13.2. The topological polar surface area (TPSA) is 146 Å². The Kier molecular flexibility index (Phi) is 8.25. The minimum absolute atomic E-state index is 0.133. The summed E-state index contributed by atoms with van der Waals surface area (Å²) in [5, 5.41) is 23.6. The number of rotatable bonds is 8. The molecule has 0 fully saturated rings. The van der Waals surface area contributed by atoms with Crippen molar-refractivity contribution in [1.82, 2.24) is 14.5 Å². The zero-order chi connectivity index (χ0) is 25.8. The van der Waals surface area contributed by atoms with Crippen LogP contribution < -0.4 is 10.6 Å². The van der Waals surface area contributed by atoms with Crippen molar-refractivity contribution in [2.45, 2.75) is 37.8 Å². The fourth-order valence-electron chi connectivity index (χ4n) is 3.80. The van der Waals surface area contributed by atoms with Crippen LogP contribution in [0.1, 0.15) is 45.0 Å². The molecule has 10 nitrogen and oxygen atoms in total. The molecule has 0 bridgehead atoms. The summed E-state index contributed by atoms with van der Waals surface area (Å²) in [4.78, 5) is 28.8. The van der Waals surface area contributed by atoms with Gasteiger partial charge in [0, 0.05) is 36.6 Å². The summed E-state index contributed by atoms with van der Waals surface area (Å²) in [6.45, 7) is 4.83. The van der Waals surface area contributed by atoms with Crippen LogP contribution in [0, 0.1) is 22.7 Å². The number of anilines is 1. The fraction of sp³-hybridized carbons (Fsp3) is 0.391. The van der Waals surface area contributed by atoms with Crippen molar-refractivity contribution in [2.75, 3.05) is 32.0 Å². The molecular formula is C23H26N6O4S2. The van der Waals surface area contributed by atoms with Crippen molar-refractivity contribution in [3.05, 3.63) is 45.8 Å². The van der Waals surface area contributed by atoms with Gasteiger partial charge >= 0.3 is 0 Å². The van der Waals surface area contributed by atoms with Gasteiger partial charge in [0.1, 0.15) is 18.1 Å². The van der Waals surface area contributed by atoms with Gasteiger partial charge < -0.3 is 10.6 Å². The first-order valence-electron chi connectivity index (χ1n) is 10.9. The van der Waals surface area contributed by atoms with Crippen molar-refractivity contribution in [1.29, 1.82) is 10.5 Å². The normalized spacial score (nSPS) is 13.7. The quantitative estimate of drug-likeness (QED) is 0.513. The van der Waals surface area contributed by atoms with Gasteiger partial charge in [0.25, 0.3) is 11.8 Å². The van der Waals surface area contributed by atoms with Gasteiger partial charge in [-0.2, -0.15) is 14.8 Å². The summed E-state index contributed by atoms with van der Waals surface area (Å²) in [6.07, 6.45) is 0.705. The Balaban J connectivity index is 1.86. The number of nitrogens with zero attached hydrogens (tertiary/aromatic N) is 4. The van der Waals surface area contributed by atoms with Crippen molar-refractivity contribution in [2.24, 2.45) is 0 Å². The van der Waals surface area contributed by atoms with E-state index in [1.807, 2.05) is 0 Å². The molecule has 0 radical (unpaired) electrons. The Bertz CT molecular complexity index is 1290. The van der Waals surface area contributed by atoms with Crippen molar-refractivity contribution < 1.29 is 18.0 Å². The molecule has 0 spiro atoms. The largest absolute Gasteiger partial charge is 0.355 e. The molecule has 2 aromatic rings. The molecule has 35 heavy (non-hydrogen) atoms. The van der Waals surface area contributed by atoms with Gasteiger partial charge in [-0.05, 0) is 50.1 Å². The summed E-state index contributed by atoms with van der Waals surface area (Å²) >= 11 is 1.37. The number of fused-ring (bicyclic) bond motifs is 1. The SMILES string of the molecule is CNC(=O)c1c(NC(=O)c2ccc(S(=O)(=O)N(CC#N)CC#N)cc2)sc2c1CCN(C(C)C)C2. The van der Waals surface area contributed by atoms with Gasteiger partial charge in [-0.3, -0.25) is 14.5 Å². The molecule has 0 aliphatic carbocycles. The molecule has 1 aromatic carbocycles.